The van der Waals surface area contributed by atoms with Gasteiger partial charge < -0.3 is 10.1 Å². The summed E-state index contributed by atoms with van der Waals surface area (Å²) in [6.45, 7) is 0. The number of nitrogens with one attached hydrogen (secondary N) is 2. The van der Waals surface area contributed by atoms with Crippen molar-refractivity contribution in [2.24, 2.45) is 0 Å². The van der Waals surface area contributed by atoms with Gasteiger partial charge in [-0.05, 0) is 60.2 Å². The zero-order valence-corrected chi connectivity index (χ0v) is 16.4. The van der Waals surface area contributed by atoms with Crippen molar-refractivity contribution >= 4 is 33.5 Å². The van der Waals surface area contributed by atoms with Crippen LogP contribution in [0.5, 0.6) is 5.75 Å². The third kappa shape index (κ3) is 5.66. The van der Waals surface area contributed by atoms with Gasteiger partial charge in [0.05, 0.1) is 12.0 Å². The van der Waals surface area contributed by atoms with Crippen molar-refractivity contribution in [2.75, 3.05) is 17.1 Å². The predicted octanol–water partition coefficient (Wildman–Crippen LogP) is 3.54. The Morgan fingerprint density at radius 3 is 2.52 bits per heavy atom. The first-order valence-electron chi connectivity index (χ1n) is 8.63. The molecule has 3 rings (SSSR count). The second-order valence-electron chi connectivity index (χ2n) is 5.94. The van der Waals surface area contributed by atoms with E-state index in [0.717, 1.165) is 5.56 Å². The topological polar surface area (TPSA) is 97.4 Å². The third-order valence-corrected chi connectivity index (χ3v) is 5.23. The van der Waals surface area contributed by atoms with Crippen LogP contribution in [0.2, 0.25) is 0 Å². The predicted molar refractivity (Wildman–Crippen MR) is 112 cm³/mol. The number of aromatic nitrogens is 1. The van der Waals surface area contributed by atoms with E-state index in [1.165, 1.54) is 36.5 Å². The van der Waals surface area contributed by atoms with Crippen LogP contribution in [-0.2, 0) is 14.8 Å². The Morgan fingerprint density at radius 1 is 1.03 bits per heavy atom. The molecule has 7 nitrogen and oxygen atoms in total. The van der Waals surface area contributed by atoms with Crippen molar-refractivity contribution < 1.29 is 17.9 Å². The van der Waals surface area contributed by atoms with Crippen molar-refractivity contribution in [3.63, 3.8) is 0 Å². The molecule has 29 heavy (non-hydrogen) atoms. The summed E-state index contributed by atoms with van der Waals surface area (Å²) >= 11 is 0. The molecule has 0 spiro atoms. The highest BCUT2D eigenvalue weighted by molar-refractivity contribution is 7.92. The van der Waals surface area contributed by atoms with Crippen molar-refractivity contribution in [1.29, 1.82) is 0 Å². The van der Waals surface area contributed by atoms with Gasteiger partial charge in [-0.2, -0.15) is 0 Å². The summed E-state index contributed by atoms with van der Waals surface area (Å²) in [5.41, 5.74) is 1.30. The fraction of sp³-hybridized carbons (Fsp3) is 0.0476. The molecule has 0 fully saturated rings. The van der Waals surface area contributed by atoms with Crippen LogP contribution in [0.15, 0.2) is 83.9 Å². The third-order valence-electron chi connectivity index (χ3n) is 3.86. The summed E-state index contributed by atoms with van der Waals surface area (Å²) in [5, 5.41) is 2.68. The first-order valence-corrected chi connectivity index (χ1v) is 10.1. The lowest BCUT2D eigenvalue weighted by atomic mass is 10.2. The minimum atomic E-state index is -3.76. The Bertz CT molecular complexity index is 1110. The van der Waals surface area contributed by atoms with Gasteiger partial charge in [0.1, 0.15) is 11.6 Å². The molecule has 0 atom stereocenters. The van der Waals surface area contributed by atoms with Crippen molar-refractivity contribution in [3.05, 3.63) is 84.6 Å². The number of rotatable bonds is 7. The number of carbonyl (C=O) groups is 1. The van der Waals surface area contributed by atoms with Gasteiger partial charge in [0.25, 0.3) is 10.0 Å². The Balaban J connectivity index is 1.64. The van der Waals surface area contributed by atoms with Crippen LogP contribution in [0.25, 0.3) is 6.08 Å². The molecule has 148 valence electrons. The fourth-order valence-corrected chi connectivity index (χ4v) is 3.45. The zero-order valence-electron chi connectivity index (χ0n) is 15.6. The second kappa shape index (κ2) is 9.03. The molecule has 0 saturated carbocycles. The first-order chi connectivity index (χ1) is 14.0. The Labute approximate surface area is 169 Å². The molecule has 2 aromatic carbocycles. The average Bonchev–Trinajstić information content (AvgIpc) is 2.73. The molecule has 0 aliphatic heterocycles. The molecule has 8 heteroatoms. The normalized spacial score (nSPS) is 11.2. The maximum absolute atomic E-state index is 12.4. The molecule has 1 aromatic heterocycles. The van der Waals surface area contributed by atoms with Crippen molar-refractivity contribution in [3.8, 4) is 5.75 Å². The number of carbonyl (C=O) groups excluding carboxylic acids is 1. The average molecular weight is 409 g/mol. The SMILES string of the molecule is COc1cccc(/C=C/C(=O)Nc2ccc(S(=O)(=O)Nc3ccccn3)cc2)c1. The minimum absolute atomic E-state index is 0.0630. The van der Waals surface area contributed by atoms with E-state index < -0.39 is 10.0 Å². The lowest BCUT2D eigenvalue weighted by Gasteiger charge is -2.08. The molecule has 3 aromatic rings. The molecule has 1 amide bonds. The Hall–Kier alpha value is -3.65. The summed E-state index contributed by atoms with van der Waals surface area (Å²) in [6.07, 6.45) is 4.55. The number of hydrogen-bond acceptors (Lipinski definition) is 5. The summed E-state index contributed by atoms with van der Waals surface area (Å²) in [7, 11) is -2.19. The van der Waals surface area contributed by atoms with Gasteiger partial charge in [0, 0.05) is 18.0 Å². The van der Waals surface area contributed by atoms with Crippen LogP contribution >= 0.6 is 0 Å². The standard InChI is InChI=1S/C21H19N3O4S/c1-28-18-6-4-5-16(15-18)8-13-21(25)23-17-9-11-19(12-10-17)29(26,27)24-20-7-2-3-14-22-20/h2-15H,1H3,(H,22,24)(H,23,25)/b13-8+. The maximum atomic E-state index is 12.4. The number of anilines is 2. The van der Waals surface area contributed by atoms with Crippen LogP contribution in [0.3, 0.4) is 0 Å². The summed E-state index contributed by atoms with van der Waals surface area (Å²) in [4.78, 5) is 16.1. The largest absolute Gasteiger partial charge is 0.497 e. The molecule has 0 aliphatic rings. The molecule has 0 aliphatic carbocycles. The van der Waals surface area contributed by atoms with E-state index in [4.69, 9.17) is 4.74 Å². The monoisotopic (exact) mass is 409 g/mol. The molecule has 0 unspecified atom stereocenters. The molecule has 0 saturated heterocycles. The Kier molecular flexibility index (Phi) is 6.25. The lowest BCUT2D eigenvalue weighted by molar-refractivity contribution is -0.111. The van der Waals surface area contributed by atoms with Gasteiger partial charge in [-0.15, -0.1) is 0 Å². The minimum Gasteiger partial charge on any atom is -0.497 e. The van der Waals surface area contributed by atoms with E-state index in [1.807, 2.05) is 18.2 Å². The van der Waals surface area contributed by atoms with E-state index in [2.05, 4.69) is 15.0 Å². The van der Waals surface area contributed by atoms with Crippen LogP contribution < -0.4 is 14.8 Å². The number of methoxy groups -OCH3 is 1. The van der Waals surface area contributed by atoms with Gasteiger partial charge in [-0.1, -0.05) is 18.2 Å². The fourth-order valence-electron chi connectivity index (χ4n) is 2.44. The smallest absolute Gasteiger partial charge is 0.263 e. The van der Waals surface area contributed by atoms with Crippen LogP contribution in [0.1, 0.15) is 5.56 Å². The Morgan fingerprint density at radius 2 is 1.83 bits per heavy atom. The highest BCUT2D eigenvalue weighted by atomic mass is 32.2. The molecule has 0 bridgehead atoms. The van der Waals surface area contributed by atoms with E-state index in [9.17, 15) is 13.2 Å². The molecular formula is C21H19N3O4S. The molecule has 0 radical (unpaired) electrons. The molecular weight excluding hydrogens is 390 g/mol. The van der Waals surface area contributed by atoms with E-state index >= 15 is 0 Å². The number of hydrogen-bond donors (Lipinski definition) is 2. The maximum Gasteiger partial charge on any atom is 0.263 e. The number of amides is 1. The van der Waals surface area contributed by atoms with Crippen LogP contribution in [0, 0.1) is 0 Å². The lowest BCUT2D eigenvalue weighted by Crippen LogP contribution is -2.14. The highest BCUT2D eigenvalue weighted by Crippen LogP contribution is 2.17. The summed E-state index contributed by atoms with van der Waals surface area (Å²) < 4.78 is 32.3. The van der Waals surface area contributed by atoms with E-state index in [1.54, 1.807) is 37.5 Å². The number of sulfonamides is 1. The first kappa shape index (κ1) is 20.1. The van der Waals surface area contributed by atoms with Gasteiger partial charge in [0.15, 0.2) is 0 Å². The summed E-state index contributed by atoms with van der Waals surface area (Å²) in [5.74, 6) is 0.589. The van der Waals surface area contributed by atoms with Gasteiger partial charge in [-0.3, -0.25) is 9.52 Å². The van der Waals surface area contributed by atoms with Gasteiger partial charge in [-0.25, -0.2) is 13.4 Å². The summed E-state index contributed by atoms with van der Waals surface area (Å²) in [6, 6.07) is 18.1. The van der Waals surface area contributed by atoms with E-state index in [-0.39, 0.29) is 16.6 Å². The van der Waals surface area contributed by atoms with Crippen LogP contribution in [0.4, 0.5) is 11.5 Å². The number of benzene rings is 2. The van der Waals surface area contributed by atoms with Gasteiger partial charge >= 0.3 is 0 Å². The van der Waals surface area contributed by atoms with E-state index in [0.29, 0.717) is 11.4 Å². The van der Waals surface area contributed by atoms with Gasteiger partial charge in [0.2, 0.25) is 5.91 Å². The zero-order chi connectivity index (χ0) is 20.7. The number of nitrogens with zero attached hydrogens (tertiary/aromatic N) is 1. The number of pyridine rings is 1. The van der Waals surface area contributed by atoms with Crippen molar-refractivity contribution in [1.82, 2.24) is 4.98 Å². The van der Waals surface area contributed by atoms with Crippen molar-refractivity contribution in [2.45, 2.75) is 4.90 Å². The quantitative estimate of drug-likeness (QED) is 0.582. The highest BCUT2D eigenvalue weighted by Gasteiger charge is 2.14. The van der Waals surface area contributed by atoms with Crippen LogP contribution in [-0.4, -0.2) is 26.4 Å². The number of ether oxygens (including phenoxy) is 1. The molecule has 1 heterocycles. The molecule has 2 N–H and O–H groups in total. The second-order valence-corrected chi connectivity index (χ2v) is 7.63.